The number of hydrogen-bond donors (Lipinski definition) is 3. The normalized spacial score (nSPS) is 14.0. The maximum absolute atomic E-state index is 13.5. The number of aromatic amines is 1. The average Bonchev–Trinajstić information content (AvgIpc) is 3.16. The third-order valence-corrected chi connectivity index (χ3v) is 3.13. The van der Waals surface area contributed by atoms with Crippen molar-refractivity contribution in [2.75, 3.05) is 5.32 Å². The van der Waals surface area contributed by atoms with E-state index in [4.69, 9.17) is 5.11 Å². The lowest BCUT2D eigenvalue weighted by molar-refractivity contribution is 0.0692. The molecule has 0 bridgehead atoms. The molecule has 1 aromatic heterocycles. The highest BCUT2D eigenvalue weighted by Crippen LogP contribution is 2.37. The summed E-state index contributed by atoms with van der Waals surface area (Å²) in [5.74, 6) is -1.89. The van der Waals surface area contributed by atoms with Gasteiger partial charge in [-0.05, 0) is 31.0 Å². The van der Waals surface area contributed by atoms with Gasteiger partial charge in [-0.1, -0.05) is 0 Å². The molecule has 1 amide bonds. The molecule has 1 heterocycles. The molecule has 0 atom stereocenters. The van der Waals surface area contributed by atoms with Crippen LogP contribution in [-0.4, -0.2) is 32.2 Å². The molecule has 0 aliphatic heterocycles. The molecule has 1 aromatic carbocycles. The molecule has 7 nitrogen and oxygen atoms in total. The zero-order valence-electron chi connectivity index (χ0n) is 10.8. The molecule has 21 heavy (non-hydrogen) atoms. The van der Waals surface area contributed by atoms with Gasteiger partial charge in [0.2, 0.25) is 5.82 Å². The Balaban J connectivity index is 1.74. The zero-order valence-corrected chi connectivity index (χ0v) is 10.8. The van der Waals surface area contributed by atoms with Gasteiger partial charge in [0.1, 0.15) is 11.6 Å². The molecule has 0 unspecified atom stereocenters. The van der Waals surface area contributed by atoms with Crippen LogP contribution in [0.2, 0.25) is 0 Å². The minimum atomic E-state index is -1.37. The molecule has 0 saturated heterocycles. The van der Waals surface area contributed by atoms with Gasteiger partial charge in [0.05, 0.1) is 5.56 Å². The number of halogens is 1. The van der Waals surface area contributed by atoms with E-state index in [9.17, 15) is 14.0 Å². The highest BCUT2D eigenvalue weighted by atomic mass is 19.1. The predicted octanol–water partition coefficient (Wildman–Crippen LogP) is 1.77. The van der Waals surface area contributed by atoms with Gasteiger partial charge in [0, 0.05) is 11.6 Å². The van der Waals surface area contributed by atoms with Crippen molar-refractivity contribution in [2.45, 2.75) is 18.8 Å². The van der Waals surface area contributed by atoms with E-state index in [1.165, 1.54) is 6.07 Å². The minimum absolute atomic E-state index is 0.0281. The number of carbonyl (C=O) groups excluding carboxylic acids is 1. The van der Waals surface area contributed by atoms with Gasteiger partial charge in [-0.3, -0.25) is 9.89 Å². The van der Waals surface area contributed by atoms with E-state index < -0.39 is 23.3 Å². The zero-order chi connectivity index (χ0) is 15.0. The number of rotatable bonds is 4. The van der Waals surface area contributed by atoms with E-state index in [1.807, 2.05) is 0 Å². The van der Waals surface area contributed by atoms with E-state index in [1.54, 1.807) is 0 Å². The van der Waals surface area contributed by atoms with Crippen LogP contribution in [0, 0.1) is 5.82 Å². The van der Waals surface area contributed by atoms with Crippen LogP contribution in [0.1, 0.15) is 45.6 Å². The molecule has 0 spiro atoms. The SMILES string of the molecule is O=C(Nc1ccc(C(=O)O)c(F)c1)c1n[nH]c(C2CC2)n1. The quantitative estimate of drug-likeness (QED) is 0.795. The van der Waals surface area contributed by atoms with Crippen molar-refractivity contribution in [2.24, 2.45) is 0 Å². The summed E-state index contributed by atoms with van der Waals surface area (Å²) in [7, 11) is 0. The number of nitrogens with zero attached hydrogens (tertiary/aromatic N) is 2. The topological polar surface area (TPSA) is 108 Å². The molecule has 8 heteroatoms. The fourth-order valence-corrected chi connectivity index (χ4v) is 1.87. The molecular weight excluding hydrogens is 279 g/mol. The molecule has 108 valence electrons. The second kappa shape index (κ2) is 4.97. The predicted molar refractivity (Wildman–Crippen MR) is 69.7 cm³/mol. The van der Waals surface area contributed by atoms with Crippen LogP contribution in [0.4, 0.5) is 10.1 Å². The first-order valence-electron chi connectivity index (χ1n) is 6.31. The Bertz CT molecular complexity index is 724. The number of amides is 1. The van der Waals surface area contributed by atoms with Crippen LogP contribution in [0.25, 0.3) is 0 Å². The highest BCUT2D eigenvalue weighted by Gasteiger charge is 2.28. The number of benzene rings is 1. The first kappa shape index (κ1) is 13.2. The Morgan fingerprint density at radius 2 is 2.14 bits per heavy atom. The lowest BCUT2D eigenvalue weighted by atomic mass is 10.2. The van der Waals surface area contributed by atoms with Gasteiger partial charge < -0.3 is 10.4 Å². The summed E-state index contributed by atoms with van der Waals surface area (Å²) in [4.78, 5) is 26.7. The van der Waals surface area contributed by atoms with E-state index in [-0.39, 0.29) is 11.5 Å². The van der Waals surface area contributed by atoms with Crippen molar-refractivity contribution in [3.8, 4) is 0 Å². The van der Waals surface area contributed by atoms with Crippen LogP contribution in [0.3, 0.4) is 0 Å². The number of aromatic carboxylic acids is 1. The van der Waals surface area contributed by atoms with Crippen LogP contribution in [0.15, 0.2) is 18.2 Å². The number of carboxylic acids is 1. The lowest BCUT2D eigenvalue weighted by Crippen LogP contribution is -2.14. The first-order chi connectivity index (χ1) is 10.0. The van der Waals surface area contributed by atoms with Gasteiger partial charge >= 0.3 is 5.97 Å². The van der Waals surface area contributed by atoms with Crippen molar-refractivity contribution in [1.29, 1.82) is 0 Å². The number of carboxylic acid groups (broad SMARTS) is 1. The van der Waals surface area contributed by atoms with E-state index >= 15 is 0 Å². The van der Waals surface area contributed by atoms with E-state index in [2.05, 4.69) is 20.5 Å². The second-order valence-corrected chi connectivity index (χ2v) is 4.77. The van der Waals surface area contributed by atoms with Crippen LogP contribution in [-0.2, 0) is 0 Å². The summed E-state index contributed by atoms with van der Waals surface area (Å²) in [6.45, 7) is 0. The molecule has 1 saturated carbocycles. The molecule has 1 fully saturated rings. The third-order valence-electron chi connectivity index (χ3n) is 3.13. The smallest absolute Gasteiger partial charge is 0.338 e. The Morgan fingerprint density at radius 1 is 1.38 bits per heavy atom. The molecule has 3 N–H and O–H groups in total. The van der Waals surface area contributed by atoms with Crippen LogP contribution < -0.4 is 5.32 Å². The first-order valence-corrected chi connectivity index (χ1v) is 6.31. The fraction of sp³-hybridized carbons (Fsp3) is 0.231. The van der Waals surface area contributed by atoms with Crippen molar-refractivity contribution in [1.82, 2.24) is 15.2 Å². The average molecular weight is 290 g/mol. The molecule has 2 aromatic rings. The van der Waals surface area contributed by atoms with Gasteiger partial charge in [0.25, 0.3) is 5.91 Å². The number of hydrogen-bond acceptors (Lipinski definition) is 4. The molecule has 1 aliphatic carbocycles. The Labute approximate surface area is 118 Å². The molecule has 0 radical (unpaired) electrons. The second-order valence-electron chi connectivity index (χ2n) is 4.77. The number of aromatic nitrogens is 3. The van der Waals surface area contributed by atoms with E-state index in [0.29, 0.717) is 11.7 Å². The maximum Gasteiger partial charge on any atom is 0.338 e. The maximum atomic E-state index is 13.5. The summed E-state index contributed by atoms with van der Waals surface area (Å²) >= 11 is 0. The molecule has 1 aliphatic rings. The van der Waals surface area contributed by atoms with Gasteiger partial charge in [-0.2, -0.15) is 0 Å². The van der Waals surface area contributed by atoms with Crippen molar-refractivity contribution >= 4 is 17.6 Å². The summed E-state index contributed by atoms with van der Waals surface area (Å²) < 4.78 is 13.5. The number of H-pyrrole nitrogens is 1. The lowest BCUT2D eigenvalue weighted by Gasteiger charge is -2.04. The highest BCUT2D eigenvalue weighted by molar-refractivity contribution is 6.01. The van der Waals surface area contributed by atoms with Gasteiger partial charge in [-0.25, -0.2) is 14.2 Å². The van der Waals surface area contributed by atoms with E-state index in [0.717, 1.165) is 25.0 Å². The van der Waals surface area contributed by atoms with Crippen molar-refractivity contribution in [3.05, 3.63) is 41.2 Å². The number of anilines is 1. The van der Waals surface area contributed by atoms with Crippen molar-refractivity contribution < 1.29 is 19.1 Å². The van der Waals surface area contributed by atoms with Crippen molar-refractivity contribution in [3.63, 3.8) is 0 Å². The summed E-state index contributed by atoms with van der Waals surface area (Å²) in [6, 6.07) is 3.33. The minimum Gasteiger partial charge on any atom is -0.478 e. The van der Waals surface area contributed by atoms with Gasteiger partial charge in [-0.15, -0.1) is 5.10 Å². The Morgan fingerprint density at radius 3 is 2.76 bits per heavy atom. The largest absolute Gasteiger partial charge is 0.478 e. The number of nitrogens with one attached hydrogen (secondary N) is 2. The fourth-order valence-electron chi connectivity index (χ4n) is 1.87. The van der Waals surface area contributed by atoms with Gasteiger partial charge in [0.15, 0.2) is 0 Å². The molecular formula is C13H11FN4O3. The summed E-state index contributed by atoms with van der Waals surface area (Å²) in [5, 5.41) is 17.6. The van der Waals surface area contributed by atoms with Crippen LogP contribution >= 0.6 is 0 Å². The summed E-state index contributed by atoms with van der Waals surface area (Å²) in [6.07, 6.45) is 2.05. The number of carbonyl (C=O) groups is 2. The Hall–Kier alpha value is -2.77. The van der Waals surface area contributed by atoms with Crippen LogP contribution in [0.5, 0.6) is 0 Å². The third kappa shape index (κ3) is 2.73. The standard InChI is InChI=1S/C13H11FN4O3/c14-9-5-7(3-4-8(9)13(20)21)15-12(19)11-16-10(17-18-11)6-1-2-6/h3-6H,1-2H2,(H,15,19)(H,20,21)(H,16,17,18). The monoisotopic (exact) mass is 290 g/mol. The summed E-state index contributed by atoms with van der Waals surface area (Å²) in [5.41, 5.74) is -0.317. The molecule has 3 rings (SSSR count). The Kier molecular flexibility index (Phi) is 3.13.